The van der Waals surface area contributed by atoms with Crippen molar-refractivity contribution in [3.8, 4) is 0 Å². The van der Waals surface area contributed by atoms with E-state index in [9.17, 15) is 14.4 Å². The fraction of sp³-hybridized carbons (Fsp3) is 0.389. The van der Waals surface area contributed by atoms with Gasteiger partial charge in [-0.3, -0.25) is 14.4 Å². The van der Waals surface area contributed by atoms with Gasteiger partial charge >= 0.3 is 5.97 Å². The quantitative estimate of drug-likeness (QED) is 0.417. The average Bonchev–Trinajstić information content (AvgIpc) is 3.27. The van der Waals surface area contributed by atoms with Crippen LogP contribution in [0.2, 0.25) is 0 Å². The first-order chi connectivity index (χ1) is 13.5. The summed E-state index contributed by atoms with van der Waals surface area (Å²) in [5.41, 5.74) is 1.90. The first-order valence-corrected chi connectivity index (χ1v) is 10.6. The number of hydrogen-bond donors (Lipinski definition) is 1. The van der Waals surface area contributed by atoms with Gasteiger partial charge in [0.1, 0.15) is 0 Å². The maximum Gasteiger partial charge on any atom is 0.316 e. The van der Waals surface area contributed by atoms with Crippen LogP contribution in [-0.4, -0.2) is 46.9 Å². The highest BCUT2D eigenvalue weighted by molar-refractivity contribution is 8.01. The van der Waals surface area contributed by atoms with Gasteiger partial charge in [0, 0.05) is 18.7 Å². The van der Waals surface area contributed by atoms with Crippen LogP contribution in [0.15, 0.2) is 28.6 Å². The monoisotopic (exact) mass is 420 g/mol. The maximum absolute atomic E-state index is 12.5. The molecule has 0 radical (unpaired) electrons. The second-order valence-electron chi connectivity index (χ2n) is 6.20. The molecule has 0 saturated carbocycles. The van der Waals surface area contributed by atoms with E-state index in [1.54, 1.807) is 11.8 Å². The van der Waals surface area contributed by atoms with Crippen LogP contribution in [0.3, 0.4) is 0 Å². The van der Waals surface area contributed by atoms with Gasteiger partial charge in [-0.1, -0.05) is 40.8 Å². The summed E-state index contributed by atoms with van der Waals surface area (Å²) >= 11 is 2.39. The number of nitrogens with one attached hydrogen (secondary N) is 1. The van der Waals surface area contributed by atoms with Crippen molar-refractivity contribution in [3.63, 3.8) is 0 Å². The number of esters is 1. The molecule has 1 aliphatic heterocycles. The van der Waals surface area contributed by atoms with Gasteiger partial charge in [-0.25, -0.2) is 0 Å². The minimum absolute atomic E-state index is 0.0769. The summed E-state index contributed by atoms with van der Waals surface area (Å²) in [6.45, 7) is 4.38. The summed E-state index contributed by atoms with van der Waals surface area (Å²) in [5.74, 6) is -0.978. The van der Waals surface area contributed by atoms with E-state index in [1.165, 1.54) is 23.1 Å². The molecule has 2 heterocycles. The maximum atomic E-state index is 12.5. The lowest BCUT2D eigenvalue weighted by molar-refractivity contribution is -0.139. The third kappa shape index (κ3) is 5.08. The molecule has 1 fully saturated rings. The first-order valence-electron chi connectivity index (χ1n) is 8.76. The highest BCUT2D eigenvalue weighted by Crippen LogP contribution is 2.28. The summed E-state index contributed by atoms with van der Waals surface area (Å²) in [6.07, 6.45) is 0.156. The highest BCUT2D eigenvalue weighted by Gasteiger charge is 2.35. The van der Waals surface area contributed by atoms with Crippen molar-refractivity contribution >= 4 is 51.7 Å². The molecule has 2 amide bonds. The molecular formula is C18H20N4O4S2. The predicted molar refractivity (Wildman–Crippen MR) is 108 cm³/mol. The van der Waals surface area contributed by atoms with E-state index in [0.717, 1.165) is 11.3 Å². The molecule has 0 bridgehead atoms. The Balaban J connectivity index is 1.54. The van der Waals surface area contributed by atoms with Crippen LogP contribution in [0.1, 0.15) is 18.9 Å². The number of amides is 2. The Kier molecular flexibility index (Phi) is 6.63. The zero-order valence-corrected chi connectivity index (χ0v) is 17.1. The molecule has 2 aromatic rings. The zero-order valence-electron chi connectivity index (χ0n) is 15.5. The zero-order chi connectivity index (χ0) is 20.1. The number of hydrogen-bond acceptors (Lipinski definition) is 8. The molecule has 1 saturated heterocycles. The molecule has 1 aliphatic rings. The molecule has 1 aromatic carbocycles. The highest BCUT2D eigenvalue weighted by atomic mass is 32.2. The molecule has 148 valence electrons. The molecule has 0 spiro atoms. The Morgan fingerprint density at radius 2 is 2.07 bits per heavy atom. The molecule has 10 heteroatoms. The van der Waals surface area contributed by atoms with E-state index in [4.69, 9.17) is 4.74 Å². The van der Waals surface area contributed by atoms with Crippen molar-refractivity contribution in [1.82, 2.24) is 10.2 Å². The average molecular weight is 421 g/mol. The van der Waals surface area contributed by atoms with Gasteiger partial charge < -0.3 is 15.0 Å². The standard InChI is InChI=1S/C18H20N4O4S2/c1-3-26-15(24)10-27-18-21-20-17(28-18)19-16(25)12-8-14(23)22(9-12)13-6-4-11(2)5-7-13/h4-7,12H,3,8-10H2,1-2H3,(H,19,20,25). The summed E-state index contributed by atoms with van der Waals surface area (Å²) in [4.78, 5) is 37.8. The van der Waals surface area contributed by atoms with Gasteiger partial charge in [0.2, 0.25) is 16.9 Å². The smallest absolute Gasteiger partial charge is 0.316 e. The van der Waals surface area contributed by atoms with Crippen LogP contribution >= 0.6 is 23.1 Å². The number of nitrogens with zero attached hydrogens (tertiary/aromatic N) is 3. The van der Waals surface area contributed by atoms with Crippen LogP contribution in [0.25, 0.3) is 0 Å². The third-order valence-electron chi connectivity index (χ3n) is 4.10. The lowest BCUT2D eigenvalue weighted by Gasteiger charge is -2.16. The molecule has 1 N–H and O–H groups in total. The van der Waals surface area contributed by atoms with Crippen LogP contribution in [0.5, 0.6) is 0 Å². The van der Waals surface area contributed by atoms with Crippen LogP contribution in [0, 0.1) is 12.8 Å². The van der Waals surface area contributed by atoms with Crippen molar-refractivity contribution in [2.24, 2.45) is 5.92 Å². The van der Waals surface area contributed by atoms with Crippen LogP contribution < -0.4 is 10.2 Å². The number of carbonyl (C=O) groups excluding carboxylic acids is 3. The molecule has 1 atom stereocenters. The van der Waals surface area contributed by atoms with Crippen LogP contribution in [-0.2, 0) is 19.1 Å². The van der Waals surface area contributed by atoms with Gasteiger partial charge in [-0.15, -0.1) is 10.2 Å². The minimum Gasteiger partial charge on any atom is -0.465 e. The molecule has 1 aromatic heterocycles. The lowest BCUT2D eigenvalue weighted by Crippen LogP contribution is -2.28. The molecule has 3 rings (SSSR count). The molecule has 8 nitrogen and oxygen atoms in total. The lowest BCUT2D eigenvalue weighted by atomic mass is 10.1. The van der Waals surface area contributed by atoms with Crippen molar-refractivity contribution < 1.29 is 19.1 Å². The summed E-state index contributed by atoms with van der Waals surface area (Å²) in [7, 11) is 0. The Morgan fingerprint density at radius 3 is 2.79 bits per heavy atom. The van der Waals surface area contributed by atoms with E-state index in [2.05, 4.69) is 15.5 Å². The normalized spacial score (nSPS) is 16.3. The van der Waals surface area contributed by atoms with Crippen LogP contribution in [0.4, 0.5) is 10.8 Å². The topological polar surface area (TPSA) is 101 Å². The fourth-order valence-corrected chi connectivity index (χ4v) is 4.26. The Hall–Kier alpha value is -2.46. The summed E-state index contributed by atoms with van der Waals surface area (Å²) in [5, 5.41) is 10.9. The molecule has 28 heavy (non-hydrogen) atoms. The van der Waals surface area contributed by atoms with E-state index in [0.29, 0.717) is 22.6 Å². The Labute approximate surface area is 170 Å². The third-order valence-corrected chi connectivity index (χ3v) is 6.04. The minimum atomic E-state index is -0.451. The van der Waals surface area contributed by atoms with E-state index in [-0.39, 0.29) is 30.0 Å². The van der Waals surface area contributed by atoms with Crippen molar-refractivity contribution in [2.75, 3.05) is 29.1 Å². The van der Waals surface area contributed by atoms with Crippen molar-refractivity contribution in [2.45, 2.75) is 24.6 Å². The number of rotatable bonds is 7. The van der Waals surface area contributed by atoms with Gasteiger partial charge in [0.15, 0.2) is 4.34 Å². The second kappa shape index (κ2) is 9.16. The predicted octanol–water partition coefficient (Wildman–Crippen LogP) is 2.49. The van der Waals surface area contributed by atoms with E-state index >= 15 is 0 Å². The second-order valence-corrected chi connectivity index (χ2v) is 8.40. The van der Waals surface area contributed by atoms with E-state index < -0.39 is 5.92 Å². The number of aromatic nitrogens is 2. The van der Waals surface area contributed by atoms with Crippen molar-refractivity contribution in [1.29, 1.82) is 0 Å². The number of aryl methyl sites for hydroxylation is 1. The Morgan fingerprint density at radius 1 is 1.32 bits per heavy atom. The molecular weight excluding hydrogens is 400 g/mol. The number of benzene rings is 1. The number of ether oxygens (including phenoxy) is 1. The molecule has 0 aliphatic carbocycles. The number of carbonyl (C=O) groups is 3. The van der Waals surface area contributed by atoms with Gasteiger partial charge in [-0.2, -0.15) is 0 Å². The molecule has 1 unspecified atom stereocenters. The van der Waals surface area contributed by atoms with Gasteiger partial charge in [0.25, 0.3) is 0 Å². The first kappa shape index (κ1) is 20.3. The fourth-order valence-electron chi connectivity index (χ4n) is 2.71. The summed E-state index contributed by atoms with van der Waals surface area (Å²) < 4.78 is 5.42. The SMILES string of the molecule is CCOC(=O)CSc1nnc(NC(=O)C2CC(=O)N(c3ccc(C)cc3)C2)s1. The van der Waals surface area contributed by atoms with Crippen molar-refractivity contribution in [3.05, 3.63) is 29.8 Å². The summed E-state index contributed by atoms with van der Waals surface area (Å²) in [6, 6.07) is 7.64. The van der Waals surface area contributed by atoms with Gasteiger partial charge in [-0.05, 0) is 26.0 Å². The Bertz CT molecular complexity index is 869. The number of anilines is 2. The largest absolute Gasteiger partial charge is 0.465 e. The van der Waals surface area contributed by atoms with Gasteiger partial charge in [0.05, 0.1) is 18.3 Å². The number of thioether (sulfide) groups is 1. The van der Waals surface area contributed by atoms with E-state index in [1.807, 2.05) is 31.2 Å².